The first kappa shape index (κ1) is 16.0. The topological polar surface area (TPSA) is 70.7 Å². The number of carbonyl (C=O) groups is 1. The van der Waals surface area contributed by atoms with Crippen LogP contribution in [0, 0.1) is 12.7 Å². The Morgan fingerprint density at radius 2 is 1.88 bits per heavy atom. The zero-order valence-corrected chi connectivity index (χ0v) is 14.0. The van der Waals surface area contributed by atoms with Gasteiger partial charge in [-0.25, -0.2) is 9.37 Å². The number of anilines is 1. The van der Waals surface area contributed by atoms with Crippen LogP contribution in [0.4, 0.5) is 10.2 Å². The Morgan fingerprint density at radius 3 is 2.69 bits per heavy atom. The number of hydrogen-bond acceptors (Lipinski definition) is 3. The van der Waals surface area contributed by atoms with Gasteiger partial charge in [0, 0.05) is 6.20 Å². The molecular formula is C20H15FN4O. The molecule has 6 heteroatoms. The lowest BCUT2D eigenvalue weighted by Crippen LogP contribution is -2.15. The lowest BCUT2D eigenvalue weighted by Gasteiger charge is -2.10. The van der Waals surface area contributed by atoms with Crippen LogP contribution < -0.4 is 5.32 Å². The molecule has 0 saturated carbocycles. The summed E-state index contributed by atoms with van der Waals surface area (Å²) in [4.78, 5) is 16.8. The fourth-order valence-electron chi connectivity index (χ4n) is 2.86. The third kappa shape index (κ3) is 2.82. The van der Waals surface area contributed by atoms with E-state index in [1.54, 1.807) is 37.4 Å². The maximum absolute atomic E-state index is 14.6. The van der Waals surface area contributed by atoms with E-state index in [0.29, 0.717) is 22.4 Å². The molecule has 0 unspecified atom stereocenters. The zero-order chi connectivity index (χ0) is 18.1. The summed E-state index contributed by atoms with van der Waals surface area (Å²) in [6.07, 6.45) is 1.61. The number of H-pyrrole nitrogens is 1. The fraction of sp³-hybridized carbons (Fsp3) is 0.0500. The summed E-state index contributed by atoms with van der Waals surface area (Å²) in [6.45, 7) is 1.65. The van der Waals surface area contributed by atoms with Crippen molar-refractivity contribution in [1.29, 1.82) is 0 Å². The fourth-order valence-corrected chi connectivity index (χ4v) is 2.86. The quantitative estimate of drug-likeness (QED) is 0.580. The molecule has 0 fully saturated rings. The molecule has 0 aliphatic carbocycles. The Balaban J connectivity index is 1.72. The predicted molar refractivity (Wildman–Crippen MR) is 98.4 cm³/mol. The van der Waals surface area contributed by atoms with Crippen LogP contribution in [0.1, 0.15) is 15.9 Å². The van der Waals surface area contributed by atoms with E-state index < -0.39 is 11.7 Å². The molecule has 2 heterocycles. The van der Waals surface area contributed by atoms with Crippen LogP contribution in [0.5, 0.6) is 0 Å². The minimum atomic E-state index is -0.544. The highest BCUT2D eigenvalue weighted by molar-refractivity contribution is 6.08. The largest absolute Gasteiger partial charge is 0.306 e. The van der Waals surface area contributed by atoms with Crippen molar-refractivity contribution in [3.05, 3.63) is 77.7 Å². The summed E-state index contributed by atoms with van der Waals surface area (Å²) in [5.41, 5.74) is 2.58. The van der Waals surface area contributed by atoms with Gasteiger partial charge in [-0.15, -0.1) is 0 Å². The number of carbonyl (C=O) groups excluding carboxylic acids is 1. The maximum atomic E-state index is 14.6. The third-order valence-electron chi connectivity index (χ3n) is 4.17. The number of aryl methyl sites for hydroxylation is 1. The SMILES string of the molecule is Cc1cc(-c2ccccc2)cc(C(=O)Nc2[nH]nc3ncccc23)c1F. The van der Waals surface area contributed by atoms with Gasteiger partial charge in [0.1, 0.15) is 11.6 Å². The van der Waals surface area contributed by atoms with Gasteiger partial charge in [0.05, 0.1) is 10.9 Å². The predicted octanol–water partition coefficient (Wildman–Crippen LogP) is 4.32. The first-order valence-corrected chi connectivity index (χ1v) is 8.09. The average molecular weight is 346 g/mol. The summed E-state index contributed by atoms with van der Waals surface area (Å²) in [5.74, 6) is -0.692. The van der Waals surface area contributed by atoms with Crippen molar-refractivity contribution in [2.45, 2.75) is 6.92 Å². The molecule has 5 nitrogen and oxygen atoms in total. The summed E-state index contributed by atoms with van der Waals surface area (Å²) < 4.78 is 14.6. The van der Waals surface area contributed by atoms with E-state index in [4.69, 9.17) is 0 Å². The smallest absolute Gasteiger partial charge is 0.259 e. The highest BCUT2D eigenvalue weighted by atomic mass is 19.1. The number of benzene rings is 2. The molecule has 0 aliphatic rings. The van der Waals surface area contributed by atoms with Gasteiger partial charge in [-0.2, -0.15) is 5.10 Å². The van der Waals surface area contributed by atoms with Gasteiger partial charge in [0.2, 0.25) is 0 Å². The van der Waals surface area contributed by atoms with Crippen molar-refractivity contribution in [1.82, 2.24) is 15.2 Å². The third-order valence-corrected chi connectivity index (χ3v) is 4.17. The summed E-state index contributed by atoms with van der Waals surface area (Å²) in [5, 5.41) is 10.1. The number of fused-ring (bicyclic) bond motifs is 1. The van der Waals surface area contributed by atoms with Crippen molar-refractivity contribution in [3.8, 4) is 11.1 Å². The second-order valence-electron chi connectivity index (χ2n) is 5.95. The van der Waals surface area contributed by atoms with Gasteiger partial charge in [0.15, 0.2) is 5.65 Å². The molecule has 4 aromatic rings. The number of halogens is 1. The first-order chi connectivity index (χ1) is 12.6. The standard InChI is InChI=1S/C20H15FN4O/c1-12-10-14(13-6-3-2-4-7-13)11-16(17(12)21)20(26)23-19-15-8-5-9-22-18(15)24-25-19/h2-11H,1H3,(H2,22,23,24,25,26). The van der Waals surface area contributed by atoms with E-state index in [1.165, 1.54) is 0 Å². The molecule has 0 aliphatic heterocycles. The van der Waals surface area contributed by atoms with Crippen molar-refractivity contribution < 1.29 is 9.18 Å². The van der Waals surface area contributed by atoms with Gasteiger partial charge in [-0.3, -0.25) is 9.89 Å². The Kier molecular flexibility index (Phi) is 3.93. The summed E-state index contributed by atoms with van der Waals surface area (Å²) >= 11 is 0. The van der Waals surface area contributed by atoms with E-state index in [9.17, 15) is 9.18 Å². The highest BCUT2D eigenvalue weighted by Crippen LogP contribution is 2.26. The molecule has 0 radical (unpaired) electrons. The maximum Gasteiger partial charge on any atom is 0.259 e. The monoisotopic (exact) mass is 346 g/mol. The zero-order valence-electron chi connectivity index (χ0n) is 14.0. The van der Waals surface area contributed by atoms with Crippen LogP contribution in [0.3, 0.4) is 0 Å². The Hall–Kier alpha value is -3.54. The second-order valence-corrected chi connectivity index (χ2v) is 5.95. The van der Waals surface area contributed by atoms with Crippen LogP contribution in [-0.4, -0.2) is 21.1 Å². The molecule has 26 heavy (non-hydrogen) atoms. The molecular weight excluding hydrogens is 331 g/mol. The van der Waals surface area contributed by atoms with Crippen molar-refractivity contribution >= 4 is 22.8 Å². The molecule has 2 aromatic carbocycles. The highest BCUT2D eigenvalue weighted by Gasteiger charge is 2.18. The first-order valence-electron chi connectivity index (χ1n) is 8.09. The number of pyridine rings is 1. The summed E-state index contributed by atoms with van der Waals surface area (Å²) in [7, 11) is 0. The second kappa shape index (κ2) is 6.40. The Labute approximate surface area is 148 Å². The Bertz CT molecular complexity index is 1110. The molecule has 0 saturated heterocycles. The van der Waals surface area contributed by atoms with Gasteiger partial charge >= 0.3 is 0 Å². The minimum absolute atomic E-state index is 0.0181. The number of amides is 1. The molecule has 2 N–H and O–H groups in total. The molecule has 4 rings (SSSR count). The minimum Gasteiger partial charge on any atom is -0.306 e. The lowest BCUT2D eigenvalue weighted by atomic mass is 9.99. The van der Waals surface area contributed by atoms with Crippen LogP contribution in [-0.2, 0) is 0 Å². The van der Waals surface area contributed by atoms with Crippen LogP contribution in [0.15, 0.2) is 60.8 Å². The number of aromatic amines is 1. The van der Waals surface area contributed by atoms with E-state index >= 15 is 0 Å². The molecule has 2 aromatic heterocycles. The van der Waals surface area contributed by atoms with Gasteiger partial charge < -0.3 is 5.32 Å². The van der Waals surface area contributed by atoms with Crippen molar-refractivity contribution in [2.24, 2.45) is 0 Å². The number of aromatic nitrogens is 3. The van der Waals surface area contributed by atoms with E-state index in [-0.39, 0.29) is 5.56 Å². The molecule has 0 atom stereocenters. The average Bonchev–Trinajstić information content (AvgIpc) is 3.07. The van der Waals surface area contributed by atoms with E-state index in [0.717, 1.165) is 11.1 Å². The molecule has 1 amide bonds. The normalized spacial score (nSPS) is 10.8. The van der Waals surface area contributed by atoms with Crippen LogP contribution in [0.2, 0.25) is 0 Å². The van der Waals surface area contributed by atoms with Gasteiger partial charge in [-0.05, 0) is 47.9 Å². The lowest BCUT2D eigenvalue weighted by molar-refractivity contribution is 0.102. The van der Waals surface area contributed by atoms with E-state index in [1.807, 2.05) is 30.3 Å². The number of rotatable bonds is 3. The molecule has 0 bridgehead atoms. The number of nitrogens with one attached hydrogen (secondary N) is 2. The number of nitrogens with zero attached hydrogens (tertiary/aromatic N) is 2. The van der Waals surface area contributed by atoms with Gasteiger partial charge in [-0.1, -0.05) is 30.3 Å². The number of hydrogen-bond donors (Lipinski definition) is 2. The van der Waals surface area contributed by atoms with Crippen LogP contribution >= 0.6 is 0 Å². The van der Waals surface area contributed by atoms with Gasteiger partial charge in [0.25, 0.3) is 5.91 Å². The van der Waals surface area contributed by atoms with Crippen molar-refractivity contribution in [2.75, 3.05) is 5.32 Å². The van der Waals surface area contributed by atoms with E-state index in [2.05, 4.69) is 20.5 Å². The Morgan fingerprint density at radius 1 is 1.08 bits per heavy atom. The molecule has 128 valence electrons. The van der Waals surface area contributed by atoms with Crippen molar-refractivity contribution in [3.63, 3.8) is 0 Å². The summed E-state index contributed by atoms with van der Waals surface area (Å²) in [6, 6.07) is 16.4. The van der Waals surface area contributed by atoms with Crippen LogP contribution in [0.25, 0.3) is 22.2 Å². The molecule has 0 spiro atoms.